The highest BCUT2D eigenvalue weighted by molar-refractivity contribution is 5.95. The minimum absolute atomic E-state index is 0.0618. The number of alkyl halides is 2. The van der Waals surface area contributed by atoms with E-state index < -0.39 is 12.6 Å². The first-order chi connectivity index (χ1) is 11.6. The summed E-state index contributed by atoms with van der Waals surface area (Å²) in [6.45, 7) is -0.908. The maximum absolute atomic E-state index is 12.2. The highest BCUT2D eigenvalue weighted by Gasteiger charge is 2.17. The molecule has 0 radical (unpaired) electrons. The van der Waals surface area contributed by atoms with Crippen LogP contribution < -0.4 is 4.74 Å². The van der Waals surface area contributed by atoms with Gasteiger partial charge in [0.25, 0.3) is 0 Å². The van der Waals surface area contributed by atoms with Gasteiger partial charge in [-0.05, 0) is 37.3 Å². The SMILES string of the molecule is CCOC(=O)c1cnn2c(-c3ccc(OC(F)F)cc3)ccnc12. The lowest BCUT2D eigenvalue weighted by atomic mass is 10.1. The molecule has 0 saturated heterocycles. The Kier molecular flexibility index (Phi) is 4.37. The summed E-state index contributed by atoms with van der Waals surface area (Å²) < 4.78 is 35.2. The second kappa shape index (κ2) is 6.61. The fourth-order valence-corrected chi connectivity index (χ4v) is 2.27. The van der Waals surface area contributed by atoms with Gasteiger partial charge in [0.15, 0.2) is 5.65 Å². The molecule has 0 aliphatic heterocycles. The number of carbonyl (C=O) groups excluding carboxylic acids is 1. The van der Waals surface area contributed by atoms with E-state index in [0.29, 0.717) is 16.9 Å². The number of halogens is 2. The number of rotatable bonds is 5. The number of esters is 1. The van der Waals surface area contributed by atoms with Crippen LogP contribution in [0.2, 0.25) is 0 Å². The first kappa shape index (κ1) is 15.9. The van der Waals surface area contributed by atoms with Crippen LogP contribution in [-0.4, -0.2) is 33.8 Å². The van der Waals surface area contributed by atoms with E-state index >= 15 is 0 Å². The largest absolute Gasteiger partial charge is 0.462 e. The topological polar surface area (TPSA) is 65.7 Å². The van der Waals surface area contributed by atoms with E-state index in [1.807, 2.05) is 0 Å². The Hall–Kier alpha value is -3.03. The minimum atomic E-state index is -2.87. The fourth-order valence-electron chi connectivity index (χ4n) is 2.27. The molecule has 0 aliphatic rings. The van der Waals surface area contributed by atoms with Gasteiger partial charge in [-0.15, -0.1) is 0 Å². The number of aromatic nitrogens is 3. The number of carbonyl (C=O) groups is 1. The molecule has 0 N–H and O–H groups in total. The zero-order chi connectivity index (χ0) is 17.1. The Labute approximate surface area is 135 Å². The predicted octanol–water partition coefficient (Wildman–Crippen LogP) is 3.17. The van der Waals surface area contributed by atoms with E-state index in [1.54, 1.807) is 31.3 Å². The zero-order valence-electron chi connectivity index (χ0n) is 12.6. The Bertz CT molecular complexity index is 863. The summed E-state index contributed by atoms with van der Waals surface area (Å²) in [5.41, 5.74) is 1.98. The number of nitrogens with zero attached hydrogens (tertiary/aromatic N) is 3. The molecular formula is C16H13F2N3O3. The number of hydrogen-bond acceptors (Lipinski definition) is 5. The van der Waals surface area contributed by atoms with Crippen molar-refractivity contribution < 1.29 is 23.0 Å². The summed E-state index contributed by atoms with van der Waals surface area (Å²) in [6, 6.07) is 7.82. The van der Waals surface area contributed by atoms with E-state index in [0.717, 1.165) is 0 Å². The van der Waals surface area contributed by atoms with Crippen LogP contribution in [0.15, 0.2) is 42.7 Å². The van der Waals surface area contributed by atoms with Gasteiger partial charge < -0.3 is 9.47 Å². The molecule has 8 heteroatoms. The lowest BCUT2D eigenvalue weighted by Gasteiger charge is -2.07. The van der Waals surface area contributed by atoms with Crippen molar-refractivity contribution >= 4 is 11.6 Å². The molecule has 0 unspecified atom stereocenters. The molecule has 2 heterocycles. The summed E-state index contributed by atoms with van der Waals surface area (Å²) in [4.78, 5) is 16.1. The van der Waals surface area contributed by atoms with E-state index in [2.05, 4.69) is 14.8 Å². The smallest absolute Gasteiger partial charge is 0.387 e. The summed E-state index contributed by atoms with van der Waals surface area (Å²) in [5.74, 6) is -0.440. The van der Waals surface area contributed by atoms with Gasteiger partial charge in [0.2, 0.25) is 0 Å². The lowest BCUT2D eigenvalue weighted by molar-refractivity contribution is -0.0498. The predicted molar refractivity (Wildman–Crippen MR) is 81.0 cm³/mol. The molecule has 6 nitrogen and oxygen atoms in total. The summed E-state index contributed by atoms with van der Waals surface area (Å²) in [7, 11) is 0. The number of benzene rings is 1. The van der Waals surface area contributed by atoms with Crippen LogP contribution in [0.25, 0.3) is 16.9 Å². The van der Waals surface area contributed by atoms with Crippen molar-refractivity contribution in [2.24, 2.45) is 0 Å². The van der Waals surface area contributed by atoms with E-state index in [9.17, 15) is 13.6 Å². The van der Waals surface area contributed by atoms with Gasteiger partial charge >= 0.3 is 12.6 Å². The van der Waals surface area contributed by atoms with Crippen LogP contribution in [0.1, 0.15) is 17.3 Å². The molecule has 0 atom stereocenters. The molecule has 0 fully saturated rings. The maximum Gasteiger partial charge on any atom is 0.387 e. The Morgan fingerprint density at radius 1 is 1.25 bits per heavy atom. The van der Waals surface area contributed by atoms with Crippen LogP contribution in [0.3, 0.4) is 0 Å². The third-order valence-electron chi connectivity index (χ3n) is 3.27. The molecule has 0 saturated carbocycles. The molecule has 0 amide bonds. The molecular weight excluding hydrogens is 320 g/mol. The average Bonchev–Trinajstić information content (AvgIpc) is 2.99. The van der Waals surface area contributed by atoms with E-state index in [-0.39, 0.29) is 17.9 Å². The molecule has 0 aliphatic carbocycles. The van der Waals surface area contributed by atoms with Crippen LogP contribution in [0, 0.1) is 0 Å². The van der Waals surface area contributed by atoms with Crippen molar-refractivity contribution in [3.05, 3.63) is 48.3 Å². The molecule has 24 heavy (non-hydrogen) atoms. The Morgan fingerprint density at radius 2 is 2.00 bits per heavy atom. The number of ether oxygens (including phenoxy) is 2. The first-order valence-corrected chi connectivity index (χ1v) is 7.15. The highest BCUT2D eigenvalue weighted by atomic mass is 19.3. The highest BCUT2D eigenvalue weighted by Crippen LogP contribution is 2.24. The second-order valence-electron chi connectivity index (χ2n) is 4.75. The molecule has 3 aromatic rings. The fraction of sp³-hybridized carbons (Fsp3) is 0.188. The monoisotopic (exact) mass is 333 g/mol. The van der Waals surface area contributed by atoms with Gasteiger partial charge in [-0.1, -0.05) is 0 Å². The third kappa shape index (κ3) is 3.03. The van der Waals surface area contributed by atoms with Gasteiger partial charge in [0.1, 0.15) is 11.3 Å². The third-order valence-corrected chi connectivity index (χ3v) is 3.27. The molecule has 1 aromatic carbocycles. The zero-order valence-corrected chi connectivity index (χ0v) is 12.6. The van der Waals surface area contributed by atoms with Crippen molar-refractivity contribution in [2.75, 3.05) is 6.61 Å². The van der Waals surface area contributed by atoms with Gasteiger partial charge in [-0.25, -0.2) is 14.3 Å². The van der Waals surface area contributed by atoms with Crippen LogP contribution in [-0.2, 0) is 4.74 Å². The lowest BCUT2D eigenvalue weighted by Crippen LogP contribution is -2.05. The van der Waals surface area contributed by atoms with E-state index in [1.165, 1.54) is 22.8 Å². The first-order valence-electron chi connectivity index (χ1n) is 7.15. The summed E-state index contributed by atoms with van der Waals surface area (Å²) in [6.07, 6.45) is 2.93. The number of hydrogen-bond donors (Lipinski definition) is 0. The van der Waals surface area contributed by atoms with Crippen LogP contribution >= 0.6 is 0 Å². The van der Waals surface area contributed by atoms with Crippen LogP contribution in [0.5, 0.6) is 5.75 Å². The molecule has 0 bridgehead atoms. The quantitative estimate of drug-likeness (QED) is 0.671. The average molecular weight is 333 g/mol. The molecule has 2 aromatic heterocycles. The summed E-state index contributed by atoms with van der Waals surface area (Å²) >= 11 is 0. The van der Waals surface area contributed by atoms with Crippen molar-refractivity contribution in [1.29, 1.82) is 0 Å². The second-order valence-corrected chi connectivity index (χ2v) is 4.75. The van der Waals surface area contributed by atoms with Crippen LogP contribution in [0.4, 0.5) is 8.78 Å². The molecule has 3 rings (SSSR count). The standard InChI is InChI=1S/C16H13F2N3O3/c1-2-23-15(22)12-9-20-21-13(7-8-19-14(12)21)10-3-5-11(6-4-10)24-16(17)18/h3-9,16H,2H2,1H3. The Morgan fingerprint density at radius 3 is 2.67 bits per heavy atom. The van der Waals surface area contributed by atoms with E-state index in [4.69, 9.17) is 4.74 Å². The van der Waals surface area contributed by atoms with Gasteiger partial charge in [-0.2, -0.15) is 13.9 Å². The molecule has 124 valence electrons. The maximum atomic E-state index is 12.2. The normalized spacial score (nSPS) is 11.0. The van der Waals surface area contributed by atoms with Crippen molar-refractivity contribution in [3.8, 4) is 17.0 Å². The molecule has 0 spiro atoms. The van der Waals surface area contributed by atoms with Gasteiger partial charge in [0, 0.05) is 11.8 Å². The van der Waals surface area contributed by atoms with Crippen molar-refractivity contribution in [3.63, 3.8) is 0 Å². The van der Waals surface area contributed by atoms with Gasteiger partial charge in [-0.3, -0.25) is 0 Å². The minimum Gasteiger partial charge on any atom is -0.462 e. The Balaban J connectivity index is 1.99. The van der Waals surface area contributed by atoms with Gasteiger partial charge in [0.05, 0.1) is 18.5 Å². The number of fused-ring (bicyclic) bond motifs is 1. The summed E-state index contributed by atoms with van der Waals surface area (Å²) in [5, 5.41) is 4.17. The van der Waals surface area contributed by atoms with Crippen molar-refractivity contribution in [2.45, 2.75) is 13.5 Å². The van der Waals surface area contributed by atoms with Crippen molar-refractivity contribution in [1.82, 2.24) is 14.6 Å².